The lowest BCUT2D eigenvalue weighted by Crippen LogP contribution is -2.05. The predicted octanol–water partition coefficient (Wildman–Crippen LogP) is 2.28. The van der Waals surface area contributed by atoms with Crippen molar-refractivity contribution in [1.82, 2.24) is 0 Å². The lowest BCUT2D eigenvalue weighted by molar-refractivity contribution is 0.461. The summed E-state index contributed by atoms with van der Waals surface area (Å²) in [5.74, 6) is 5.84. The topological polar surface area (TPSA) is 0 Å². The van der Waals surface area contributed by atoms with E-state index in [4.69, 9.17) is 0 Å². The summed E-state index contributed by atoms with van der Waals surface area (Å²) in [7, 11) is 0. The summed E-state index contributed by atoms with van der Waals surface area (Å²) in [5.41, 5.74) is 0. The second kappa shape index (κ2) is 1.39. The number of alkyl halides is 1. The van der Waals surface area contributed by atoms with Crippen molar-refractivity contribution in [1.29, 1.82) is 0 Å². The minimum Gasteiger partial charge on any atom is -0.0925 e. The molecular formula is C8H11Br. The first-order chi connectivity index (χ1) is 4.42. The zero-order valence-electron chi connectivity index (χ0n) is 5.39. The highest BCUT2D eigenvalue weighted by atomic mass is 79.9. The van der Waals surface area contributed by atoms with E-state index in [2.05, 4.69) is 15.9 Å². The van der Waals surface area contributed by atoms with Crippen LogP contribution in [0.5, 0.6) is 0 Å². The first kappa shape index (κ1) is 5.17. The Morgan fingerprint density at radius 3 is 2.11 bits per heavy atom. The summed E-state index contributed by atoms with van der Waals surface area (Å²) in [5, 5.41) is 1.29. The molecule has 0 aliphatic heterocycles. The Kier molecular flexibility index (Phi) is 0.798. The fourth-order valence-corrected chi connectivity index (χ4v) is 4.42. The molecule has 0 saturated heterocycles. The Balaban J connectivity index is 1.95. The van der Waals surface area contributed by atoms with Crippen molar-refractivity contribution >= 4 is 15.9 Å². The number of hydrogen-bond acceptors (Lipinski definition) is 0. The van der Waals surface area contributed by atoms with Crippen molar-refractivity contribution in [2.75, 3.05) is 5.33 Å². The van der Waals surface area contributed by atoms with Crippen molar-refractivity contribution in [3.8, 4) is 0 Å². The van der Waals surface area contributed by atoms with Crippen LogP contribution in [0.3, 0.4) is 0 Å². The average Bonchev–Trinajstić information content (AvgIpc) is 2.40. The van der Waals surface area contributed by atoms with Gasteiger partial charge in [0.05, 0.1) is 0 Å². The Morgan fingerprint density at radius 2 is 1.89 bits per heavy atom. The van der Waals surface area contributed by atoms with E-state index < -0.39 is 0 Å². The molecule has 4 saturated carbocycles. The molecule has 0 N–H and O–H groups in total. The molecule has 4 aliphatic rings. The molecule has 3 unspecified atom stereocenters. The van der Waals surface area contributed by atoms with Crippen LogP contribution in [0, 0.1) is 29.6 Å². The molecule has 1 heteroatoms. The molecule has 0 aromatic heterocycles. The van der Waals surface area contributed by atoms with E-state index in [1.807, 2.05) is 0 Å². The Hall–Kier alpha value is 0.480. The minimum atomic E-state index is 1.10. The smallest absolute Gasteiger partial charge is 0.00651 e. The van der Waals surface area contributed by atoms with E-state index in [0.29, 0.717) is 0 Å². The van der Waals surface area contributed by atoms with Crippen molar-refractivity contribution in [2.45, 2.75) is 12.8 Å². The maximum absolute atomic E-state index is 3.61. The summed E-state index contributed by atoms with van der Waals surface area (Å²) in [6.45, 7) is 0. The zero-order chi connectivity index (χ0) is 6.01. The molecule has 0 radical (unpaired) electrons. The quantitative estimate of drug-likeness (QED) is 0.552. The normalized spacial score (nSPS) is 67.0. The van der Waals surface area contributed by atoms with E-state index in [9.17, 15) is 0 Å². The summed E-state index contributed by atoms with van der Waals surface area (Å²) >= 11 is 3.61. The SMILES string of the molecule is BrCC1C2CC3C(C2)C13. The van der Waals surface area contributed by atoms with Gasteiger partial charge in [0.1, 0.15) is 0 Å². The largest absolute Gasteiger partial charge is 0.0925 e. The molecule has 4 rings (SSSR count). The van der Waals surface area contributed by atoms with E-state index in [0.717, 1.165) is 11.8 Å². The van der Waals surface area contributed by atoms with E-state index in [-0.39, 0.29) is 0 Å². The molecular weight excluding hydrogens is 176 g/mol. The number of rotatable bonds is 1. The van der Waals surface area contributed by atoms with Gasteiger partial charge in [-0.15, -0.1) is 0 Å². The average molecular weight is 187 g/mol. The third kappa shape index (κ3) is 0.439. The molecule has 4 aliphatic carbocycles. The molecule has 0 aromatic carbocycles. The Labute approximate surface area is 64.1 Å². The highest BCUT2D eigenvalue weighted by molar-refractivity contribution is 9.09. The van der Waals surface area contributed by atoms with Crippen LogP contribution in [0.4, 0.5) is 0 Å². The summed E-state index contributed by atoms with van der Waals surface area (Å²) in [6, 6.07) is 0. The minimum absolute atomic E-state index is 1.10. The standard InChI is InChI=1S/C8H11Br/c9-3-7-4-1-5-6(2-4)8(5)7/h4-8H,1-3H2. The maximum Gasteiger partial charge on any atom is 0.00651 e. The Morgan fingerprint density at radius 1 is 1.22 bits per heavy atom. The first-order valence-corrected chi connectivity index (χ1v) is 5.10. The molecule has 0 spiro atoms. The van der Waals surface area contributed by atoms with Crippen LogP contribution < -0.4 is 0 Å². The molecule has 4 fully saturated rings. The van der Waals surface area contributed by atoms with E-state index >= 15 is 0 Å². The summed E-state index contributed by atoms with van der Waals surface area (Å²) < 4.78 is 0. The van der Waals surface area contributed by atoms with Gasteiger partial charge in [0, 0.05) is 5.33 Å². The molecule has 3 atom stereocenters. The van der Waals surface area contributed by atoms with Gasteiger partial charge in [0.2, 0.25) is 0 Å². The van der Waals surface area contributed by atoms with Gasteiger partial charge in [0.25, 0.3) is 0 Å². The van der Waals surface area contributed by atoms with Gasteiger partial charge >= 0.3 is 0 Å². The lowest BCUT2D eigenvalue weighted by atomic mass is 10.0. The van der Waals surface area contributed by atoms with Crippen molar-refractivity contribution < 1.29 is 0 Å². The predicted molar refractivity (Wildman–Crippen MR) is 40.5 cm³/mol. The Bertz CT molecular complexity index is 141. The number of halogens is 1. The summed E-state index contributed by atoms with van der Waals surface area (Å²) in [6.07, 6.45) is 3.18. The van der Waals surface area contributed by atoms with Crippen LogP contribution in [0.2, 0.25) is 0 Å². The van der Waals surface area contributed by atoms with Crippen molar-refractivity contribution in [2.24, 2.45) is 29.6 Å². The molecule has 50 valence electrons. The molecule has 9 heavy (non-hydrogen) atoms. The van der Waals surface area contributed by atoms with Crippen LogP contribution in [0.15, 0.2) is 0 Å². The third-order valence-corrected chi connectivity index (χ3v) is 4.57. The van der Waals surface area contributed by atoms with Gasteiger partial charge in [-0.05, 0) is 42.4 Å². The molecule has 0 heterocycles. The second-order valence-corrected chi connectivity index (χ2v) is 4.60. The van der Waals surface area contributed by atoms with Crippen LogP contribution in [-0.4, -0.2) is 5.33 Å². The van der Waals surface area contributed by atoms with Gasteiger partial charge in [-0.25, -0.2) is 0 Å². The fourth-order valence-electron chi connectivity index (χ4n) is 3.46. The molecule has 4 bridgehead atoms. The third-order valence-electron chi connectivity index (χ3n) is 3.83. The van der Waals surface area contributed by atoms with Crippen LogP contribution in [0.1, 0.15) is 12.8 Å². The van der Waals surface area contributed by atoms with Gasteiger partial charge in [-0.1, -0.05) is 15.9 Å². The lowest BCUT2D eigenvalue weighted by Gasteiger charge is -2.08. The van der Waals surface area contributed by atoms with Crippen molar-refractivity contribution in [3.63, 3.8) is 0 Å². The van der Waals surface area contributed by atoms with Crippen molar-refractivity contribution in [3.05, 3.63) is 0 Å². The van der Waals surface area contributed by atoms with Gasteiger partial charge in [-0.3, -0.25) is 0 Å². The molecule has 0 aromatic rings. The monoisotopic (exact) mass is 186 g/mol. The second-order valence-electron chi connectivity index (χ2n) is 3.95. The highest BCUT2D eigenvalue weighted by Crippen LogP contribution is 2.73. The van der Waals surface area contributed by atoms with Crippen LogP contribution in [0.25, 0.3) is 0 Å². The highest BCUT2D eigenvalue weighted by Gasteiger charge is 2.67. The molecule has 0 amide bonds. The fraction of sp³-hybridized carbons (Fsp3) is 1.00. The zero-order valence-corrected chi connectivity index (χ0v) is 6.97. The van der Waals surface area contributed by atoms with Crippen LogP contribution >= 0.6 is 15.9 Å². The van der Waals surface area contributed by atoms with Gasteiger partial charge in [0.15, 0.2) is 0 Å². The summed E-state index contributed by atoms with van der Waals surface area (Å²) in [4.78, 5) is 0. The first-order valence-electron chi connectivity index (χ1n) is 3.98. The molecule has 0 nitrogen and oxygen atoms in total. The number of hydrogen-bond donors (Lipinski definition) is 0. The van der Waals surface area contributed by atoms with Gasteiger partial charge < -0.3 is 0 Å². The van der Waals surface area contributed by atoms with E-state index in [1.54, 1.807) is 12.8 Å². The van der Waals surface area contributed by atoms with Gasteiger partial charge in [-0.2, -0.15) is 0 Å². The van der Waals surface area contributed by atoms with Crippen LogP contribution in [-0.2, 0) is 0 Å². The van der Waals surface area contributed by atoms with E-state index in [1.165, 1.54) is 23.1 Å². The maximum atomic E-state index is 3.61.